The van der Waals surface area contributed by atoms with Crippen molar-refractivity contribution in [2.45, 2.75) is 51.5 Å². The molecule has 0 radical (unpaired) electrons. The van der Waals surface area contributed by atoms with Gasteiger partial charge in [-0.15, -0.1) is 12.4 Å². The number of amides is 1. The van der Waals surface area contributed by atoms with Crippen LogP contribution in [0.3, 0.4) is 0 Å². The van der Waals surface area contributed by atoms with Crippen LogP contribution in [0.1, 0.15) is 46.1 Å². The quantitative estimate of drug-likeness (QED) is 0.834. The minimum absolute atomic E-state index is 0. The Hall–Kier alpha value is -0.770. The van der Waals surface area contributed by atoms with Crippen molar-refractivity contribution >= 4 is 29.9 Å². The maximum absolute atomic E-state index is 12.7. The Labute approximate surface area is 139 Å². The minimum atomic E-state index is -0.518. The van der Waals surface area contributed by atoms with Crippen molar-refractivity contribution in [1.82, 2.24) is 5.32 Å². The third-order valence-corrected chi connectivity index (χ3v) is 4.00. The highest BCUT2D eigenvalue weighted by Crippen LogP contribution is 2.32. The number of carbonyl (C=O) groups excluding carboxylic acids is 1. The topological polar surface area (TPSA) is 55.1 Å². The smallest absolute Gasteiger partial charge is 0.230 e. The van der Waals surface area contributed by atoms with Gasteiger partial charge >= 0.3 is 0 Å². The first-order valence-electron chi connectivity index (χ1n) is 7.08. The molecule has 0 saturated carbocycles. The van der Waals surface area contributed by atoms with Gasteiger partial charge in [0, 0.05) is 17.1 Å². The van der Waals surface area contributed by atoms with Gasteiger partial charge in [0.2, 0.25) is 5.91 Å². The second-order valence-corrected chi connectivity index (χ2v) is 6.40. The maximum Gasteiger partial charge on any atom is 0.230 e. The van der Waals surface area contributed by atoms with Gasteiger partial charge < -0.3 is 11.1 Å². The molecule has 3 N–H and O–H groups in total. The second-order valence-electron chi connectivity index (χ2n) is 5.97. The van der Waals surface area contributed by atoms with E-state index in [4.69, 9.17) is 17.3 Å². The highest BCUT2D eigenvalue weighted by molar-refractivity contribution is 6.30. The molecule has 5 heteroatoms. The van der Waals surface area contributed by atoms with Crippen LogP contribution in [0.4, 0.5) is 0 Å². The van der Waals surface area contributed by atoms with Crippen LogP contribution in [0.5, 0.6) is 0 Å². The number of rotatable bonds is 6. The summed E-state index contributed by atoms with van der Waals surface area (Å²) in [5.74, 6) is 0.0309. The van der Waals surface area contributed by atoms with E-state index in [9.17, 15) is 4.79 Å². The van der Waals surface area contributed by atoms with E-state index < -0.39 is 11.0 Å². The maximum atomic E-state index is 12.7. The monoisotopic (exact) mass is 332 g/mol. The average Bonchev–Trinajstić information content (AvgIpc) is 2.39. The molecule has 0 heterocycles. The Balaban J connectivity index is 0.00000400. The van der Waals surface area contributed by atoms with Crippen LogP contribution in [0.25, 0.3) is 0 Å². The first kappa shape index (κ1) is 20.2. The molecule has 0 aliphatic rings. The van der Waals surface area contributed by atoms with E-state index in [2.05, 4.69) is 5.32 Å². The minimum Gasteiger partial charge on any atom is -0.354 e. The van der Waals surface area contributed by atoms with Crippen molar-refractivity contribution in [2.75, 3.05) is 6.54 Å². The van der Waals surface area contributed by atoms with Gasteiger partial charge in [-0.2, -0.15) is 0 Å². The number of hydrogen-bond acceptors (Lipinski definition) is 2. The molecule has 0 fully saturated rings. The van der Waals surface area contributed by atoms with Crippen molar-refractivity contribution in [3.05, 3.63) is 34.9 Å². The van der Waals surface area contributed by atoms with Gasteiger partial charge in [-0.05, 0) is 44.4 Å². The standard InChI is InChI=1S/C16H25ClN2O.ClH/c1-5-16(6-2,12-7-9-13(17)10-8-12)14(20)19-11-15(3,4)18;/h7-10H,5-6,11,18H2,1-4H3,(H,19,20);1H. The molecule has 0 aliphatic heterocycles. The summed E-state index contributed by atoms with van der Waals surface area (Å²) in [6.07, 6.45) is 1.48. The number of nitrogens with one attached hydrogen (secondary N) is 1. The lowest BCUT2D eigenvalue weighted by molar-refractivity contribution is -0.127. The van der Waals surface area contributed by atoms with Crippen molar-refractivity contribution in [3.8, 4) is 0 Å². The van der Waals surface area contributed by atoms with E-state index in [0.717, 1.165) is 18.4 Å². The van der Waals surface area contributed by atoms with E-state index in [-0.39, 0.29) is 18.3 Å². The summed E-state index contributed by atoms with van der Waals surface area (Å²) in [6, 6.07) is 7.53. The largest absolute Gasteiger partial charge is 0.354 e. The van der Waals surface area contributed by atoms with Gasteiger partial charge in [-0.25, -0.2) is 0 Å². The average molecular weight is 333 g/mol. The Morgan fingerprint density at radius 3 is 2.05 bits per heavy atom. The lowest BCUT2D eigenvalue weighted by Crippen LogP contribution is -2.51. The normalized spacial score (nSPS) is 11.7. The van der Waals surface area contributed by atoms with Gasteiger partial charge in [0.15, 0.2) is 0 Å². The summed E-state index contributed by atoms with van der Waals surface area (Å²) in [4.78, 5) is 12.7. The Kier molecular flexibility index (Phi) is 7.73. The van der Waals surface area contributed by atoms with Crippen LogP contribution in [0, 0.1) is 0 Å². The lowest BCUT2D eigenvalue weighted by Gasteiger charge is -2.32. The van der Waals surface area contributed by atoms with Crippen LogP contribution in [-0.2, 0) is 10.2 Å². The molecule has 0 saturated heterocycles. The van der Waals surface area contributed by atoms with Crippen LogP contribution in [0.2, 0.25) is 5.02 Å². The first-order valence-corrected chi connectivity index (χ1v) is 7.46. The third-order valence-electron chi connectivity index (χ3n) is 3.74. The summed E-state index contributed by atoms with van der Waals surface area (Å²) < 4.78 is 0. The fourth-order valence-electron chi connectivity index (χ4n) is 2.36. The summed E-state index contributed by atoms with van der Waals surface area (Å²) in [5, 5.41) is 3.66. The van der Waals surface area contributed by atoms with Crippen LogP contribution in [-0.4, -0.2) is 18.0 Å². The van der Waals surface area contributed by atoms with Crippen molar-refractivity contribution in [3.63, 3.8) is 0 Å². The fourth-order valence-corrected chi connectivity index (χ4v) is 2.48. The van der Waals surface area contributed by atoms with Crippen LogP contribution in [0.15, 0.2) is 24.3 Å². The number of benzene rings is 1. The van der Waals surface area contributed by atoms with E-state index in [0.29, 0.717) is 11.6 Å². The molecule has 1 amide bonds. The predicted octanol–water partition coefficient (Wildman–Crippen LogP) is 3.67. The van der Waals surface area contributed by atoms with Crippen LogP contribution < -0.4 is 11.1 Å². The Morgan fingerprint density at radius 2 is 1.67 bits per heavy atom. The zero-order valence-corrected chi connectivity index (χ0v) is 14.8. The molecule has 0 atom stereocenters. The van der Waals surface area contributed by atoms with Gasteiger partial charge in [-0.1, -0.05) is 37.6 Å². The molecule has 3 nitrogen and oxygen atoms in total. The molecule has 0 unspecified atom stereocenters. The summed E-state index contributed by atoms with van der Waals surface area (Å²) >= 11 is 5.93. The second kappa shape index (κ2) is 8.02. The summed E-state index contributed by atoms with van der Waals surface area (Å²) in [7, 11) is 0. The number of carbonyl (C=O) groups is 1. The van der Waals surface area contributed by atoms with Crippen molar-refractivity contribution in [2.24, 2.45) is 5.73 Å². The van der Waals surface area contributed by atoms with Crippen molar-refractivity contribution in [1.29, 1.82) is 0 Å². The van der Waals surface area contributed by atoms with E-state index in [1.54, 1.807) is 0 Å². The fraction of sp³-hybridized carbons (Fsp3) is 0.562. The first-order chi connectivity index (χ1) is 9.25. The van der Waals surface area contributed by atoms with E-state index in [1.165, 1.54) is 0 Å². The lowest BCUT2D eigenvalue weighted by atomic mass is 9.75. The van der Waals surface area contributed by atoms with Crippen molar-refractivity contribution < 1.29 is 4.79 Å². The predicted molar refractivity (Wildman–Crippen MR) is 92.2 cm³/mol. The highest BCUT2D eigenvalue weighted by atomic mass is 35.5. The molecular weight excluding hydrogens is 307 g/mol. The molecule has 21 heavy (non-hydrogen) atoms. The van der Waals surface area contributed by atoms with Gasteiger partial charge in [0.25, 0.3) is 0 Å². The van der Waals surface area contributed by atoms with Gasteiger partial charge in [0.1, 0.15) is 0 Å². The van der Waals surface area contributed by atoms with E-state index >= 15 is 0 Å². The summed E-state index contributed by atoms with van der Waals surface area (Å²) in [6.45, 7) is 8.32. The molecule has 1 rings (SSSR count). The Bertz CT molecular complexity index is 448. The zero-order chi connectivity index (χ0) is 15.4. The molecular formula is C16H26Cl2N2O. The van der Waals surface area contributed by atoms with Gasteiger partial charge in [0.05, 0.1) is 5.41 Å². The number of halogens is 2. The van der Waals surface area contributed by atoms with Crippen LogP contribution >= 0.6 is 24.0 Å². The SMILES string of the molecule is CCC(CC)(C(=O)NCC(C)(C)N)c1ccc(Cl)cc1.Cl. The molecule has 1 aromatic rings. The molecule has 1 aromatic carbocycles. The van der Waals surface area contributed by atoms with Gasteiger partial charge in [-0.3, -0.25) is 4.79 Å². The number of hydrogen-bond donors (Lipinski definition) is 2. The summed E-state index contributed by atoms with van der Waals surface area (Å²) in [5.41, 5.74) is 6.00. The third kappa shape index (κ3) is 5.17. The highest BCUT2D eigenvalue weighted by Gasteiger charge is 2.36. The molecule has 0 bridgehead atoms. The zero-order valence-electron chi connectivity index (χ0n) is 13.2. The molecule has 0 aliphatic carbocycles. The molecule has 0 aromatic heterocycles. The number of nitrogens with two attached hydrogens (primary N) is 1. The Morgan fingerprint density at radius 1 is 1.19 bits per heavy atom. The van der Waals surface area contributed by atoms with E-state index in [1.807, 2.05) is 52.0 Å². The molecule has 0 spiro atoms. The molecule has 120 valence electrons.